The van der Waals surface area contributed by atoms with E-state index in [1.165, 1.54) is 28.2 Å². The molecule has 0 bridgehead atoms. The van der Waals surface area contributed by atoms with Crippen LogP contribution < -0.4 is 5.84 Å². The molecule has 148 valence electrons. The second-order valence-electron chi connectivity index (χ2n) is 5.51. The minimum absolute atomic E-state index is 0.0418. The van der Waals surface area contributed by atoms with Crippen molar-refractivity contribution in [3.63, 3.8) is 0 Å². The van der Waals surface area contributed by atoms with Gasteiger partial charge in [0.1, 0.15) is 5.69 Å². The number of hydrogen-bond donors (Lipinski definition) is 1. The van der Waals surface area contributed by atoms with Crippen molar-refractivity contribution in [2.45, 2.75) is 29.9 Å². The van der Waals surface area contributed by atoms with Crippen LogP contribution >= 0.6 is 23.5 Å². The molecule has 3 heterocycles. The van der Waals surface area contributed by atoms with Gasteiger partial charge >= 0.3 is 0 Å². The molecule has 28 heavy (non-hydrogen) atoms. The molecule has 0 aliphatic heterocycles. The van der Waals surface area contributed by atoms with Gasteiger partial charge in [0.2, 0.25) is 27.9 Å². The number of amides is 1. The number of carbonyl (C=O) groups is 1. The van der Waals surface area contributed by atoms with E-state index in [4.69, 9.17) is 10.4 Å². The van der Waals surface area contributed by atoms with Gasteiger partial charge in [0.15, 0.2) is 0 Å². The number of nitrogens with zero attached hydrogens (tertiary/aromatic N) is 7. The van der Waals surface area contributed by atoms with Gasteiger partial charge in [-0.3, -0.25) is 9.78 Å². The number of aromatic nitrogens is 6. The number of pyridine rings is 1. The number of carbonyl (C=O) groups excluding carboxylic acids is 1. The molecular formula is C16H20N8O2S2. The van der Waals surface area contributed by atoms with E-state index in [1.807, 2.05) is 26.0 Å². The maximum atomic E-state index is 12.1. The molecule has 0 aliphatic rings. The van der Waals surface area contributed by atoms with Crippen molar-refractivity contribution in [3.8, 4) is 11.5 Å². The van der Waals surface area contributed by atoms with Gasteiger partial charge in [0.25, 0.3) is 0 Å². The molecule has 10 nitrogen and oxygen atoms in total. The Hall–Kier alpha value is -2.60. The average molecular weight is 421 g/mol. The summed E-state index contributed by atoms with van der Waals surface area (Å²) in [5, 5.41) is 13.0. The van der Waals surface area contributed by atoms with E-state index < -0.39 is 0 Å². The maximum Gasteiger partial charge on any atom is 0.237 e. The summed E-state index contributed by atoms with van der Waals surface area (Å²) in [7, 11) is 0. The summed E-state index contributed by atoms with van der Waals surface area (Å²) >= 11 is 2.58. The van der Waals surface area contributed by atoms with E-state index >= 15 is 0 Å². The van der Waals surface area contributed by atoms with E-state index in [9.17, 15) is 4.79 Å². The first-order valence-electron chi connectivity index (χ1n) is 8.60. The summed E-state index contributed by atoms with van der Waals surface area (Å²) in [6.07, 6.45) is 1.67. The first kappa shape index (κ1) is 20.1. The molecule has 0 radical (unpaired) electrons. The van der Waals surface area contributed by atoms with Gasteiger partial charge < -0.3 is 15.3 Å². The van der Waals surface area contributed by atoms with E-state index in [2.05, 4.69) is 25.3 Å². The highest BCUT2D eigenvalue weighted by molar-refractivity contribution is 8.00. The van der Waals surface area contributed by atoms with Gasteiger partial charge in [-0.1, -0.05) is 34.7 Å². The Morgan fingerprint density at radius 3 is 2.64 bits per heavy atom. The Bertz CT molecular complexity index is 911. The molecule has 0 saturated heterocycles. The fourth-order valence-corrected chi connectivity index (χ4v) is 3.80. The highest BCUT2D eigenvalue weighted by Crippen LogP contribution is 2.24. The summed E-state index contributed by atoms with van der Waals surface area (Å²) < 4.78 is 6.60. The van der Waals surface area contributed by atoms with Crippen LogP contribution in [0.15, 0.2) is 39.2 Å². The Kier molecular flexibility index (Phi) is 6.87. The van der Waals surface area contributed by atoms with Gasteiger partial charge in [0, 0.05) is 19.3 Å². The van der Waals surface area contributed by atoms with Crippen LogP contribution in [0, 0.1) is 0 Å². The van der Waals surface area contributed by atoms with E-state index in [0.717, 1.165) is 0 Å². The predicted octanol–water partition coefficient (Wildman–Crippen LogP) is 1.69. The molecule has 12 heteroatoms. The molecular weight excluding hydrogens is 400 g/mol. The Morgan fingerprint density at radius 2 is 1.96 bits per heavy atom. The van der Waals surface area contributed by atoms with Crippen molar-refractivity contribution < 1.29 is 9.32 Å². The van der Waals surface area contributed by atoms with Gasteiger partial charge in [-0.25, -0.2) is 4.68 Å². The lowest BCUT2D eigenvalue weighted by molar-refractivity contribution is -0.127. The minimum Gasteiger partial charge on any atom is -0.343 e. The largest absolute Gasteiger partial charge is 0.343 e. The van der Waals surface area contributed by atoms with Crippen LogP contribution in [0.25, 0.3) is 11.5 Å². The number of nitrogen functional groups attached to an aromatic ring is 1. The van der Waals surface area contributed by atoms with Gasteiger partial charge in [0.05, 0.1) is 11.5 Å². The van der Waals surface area contributed by atoms with E-state index in [0.29, 0.717) is 46.6 Å². The fraction of sp³-hybridized carbons (Fsp3) is 0.375. The molecule has 3 aromatic rings. The number of nitrogens with two attached hydrogens (primary N) is 1. The first-order valence-corrected chi connectivity index (χ1v) is 10.6. The normalized spacial score (nSPS) is 10.9. The zero-order valence-corrected chi connectivity index (χ0v) is 17.1. The minimum atomic E-state index is 0.0418. The van der Waals surface area contributed by atoms with Crippen molar-refractivity contribution in [1.82, 2.24) is 34.9 Å². The van der Waals surface area contributed by atoms with Gasteiger partial charge in [-0.05, 0) is 26.0 Å². The molecule has 3 aromatic heterocycles. The van der Waals surface area contributed by atoms with E-state index in [-0.39, 0.29) is 11.7 Å². The van der Waals surface area contributed by atoms with Gasteiger partial charge in [-0.15, -0.1) is 10.2 Å². The fourth-order valence-electron chi connectivity index (χ4n) is 2.29. The number of hydrogen-bond acceptors (Lipinski definition) is 10. The van der Waals surface area contributed by atoms with Crippen LogP contribution in [0.2, 0.25) is 0 Å². The average Bonchev–Trinajstić information content (AvgIpc) is 3.33. The van der Waals surface area contributed by atoms with Crippen LogP contribution in [0.4, 0.5) is 0 Å². The molecule has 0 fully saturated rings. The van der Waals surface area contributed by atoms with Crippen molar-refractivity contribution in [3.05, 3.63) is 30.3 Å². The number of thioether (sulfide) groups is 2. The molecule has 0 spiro atoms. The molecule has 0 atom stereocenters. The highest BCUT2D eigenvalue weighted by Gasteiger charge is 2.16. The SMILES string of the molecule is CCN(CC)C(=O)CSc1nnc(SCc2nc(-c3ccccn3)no2)n1N. The quantitative estimate of drug-likeness (QED) is 0.403. The smallest absolute Gasteiger partial charge is 0.237 e. The zero-order chi connectivity index (χ0) is 19.9. The van der Waals surface area contributed by atoms with Crippen molar-refractivity contribution >= 4 is 29.4 Å². The van der Waals surface area contributed by atoms with Crippen molar-refractivity contribution in [2.75, 3.05) is 24.7 Å². The van der Waals surface area contributed by atoms with Crippen molar-refractivity contribution in [2.24, 2.45) is 0 Å². The third-order valence-electron chi connectivity index (χ3n) is 3.76. The molecule has 0 unspecified atom stereocenters. The second kappa shape index (κ2) is 9.55. The van der Waals surface area contributed by atoms with Gasteiger partial charge in [-0.2, -0.15) is 4.98 Å². The van der Waals surface area contributed by atoms with Crippen LogP contribution in [0.3, 0.4) is 0 Å². The standard InChI is InChI=1S/C16H20N8O2S2/c1-3-23(4-2)13(25)10-28-16-21-20-15(24(16)17)27-9-12-19-14(22-26-12)11-7-5-6-8-18-11/h5-8H,3-4,9-10,17H2,1-2H3. The Balaban J connectivity index is 1.56. The number of rotatable bonds is 9. The van der Waals surface area contributed by atoms with E-state index in [1.54, 1.807) is 17.2 Å². The molecule has 2 N–H and O–H groups in total. The van der Waals surface area contributed by atoms with Crippen molar-refractivity contribution in [1.29, 1.82) is 0 Å². The summed E-state index contributed by atoms with van der Waals surface area (Å²) in [5.41, 5.74) is 0.640. The first-order chi connectivity index (χ1) is 13.6. The van der Waals surface area contributed by atoms with Crippen LogP contribution in [-0.2, 0) is 10.5 Å². The summed E-state index contributed by atoms with van der Waals surface area (Å²) in [6, 6.07) is 5.48. The third kappa shape index (κ3) is 4.81. The molecule has 0 saturated carbocycles. The predicted molar refractivity (Wildman–Crippen MR) is 106 cm³/mol. The highest BCUT2D eigenvalue weighted by atomic mass is 32.2. The molecule has 0 aliphatic carbocycles. The summed E-state index contributed by atoms with van der Waals surface area (Å²) in [4.78, 5) is 22.4. The zero-order valence-electron chi connectivity index (χ0n) is 15.5. The second-order valence-corrected chi connectivity index (χ2v) is 7.39. The summed E-state index contributed by atoms with van der Waals surface area (Å²) in [6.45, 7) is 5.25. The van der Waals surface area contributed by atoms with Crippen LogP contribution in [0.5, 0.6) is 0 Å². The molecule has 1 amide bonds. The Morgan fingerprint density at radius 1 is 1.21 bits per heavy atom. The van der Waals surface area contributed by atoms with Crippen LogP contribution in [0.1, 0.15) is 19.7 Å². The molecule has 0 aromatic carbocycles. The molecule has 3 rings (SSSR count). The lowest BCUT2D eigenvalue weighted by atomic mass is 10.3. The lowest BCUT2D eigenvalue weighted by Gasteiger charge is -2.17. The lowest BCUT2D eigenvalue weighted by Crippen LogP contribution is -2.32. The Labute approximate surface area is 170 Å². The third-order valence-corrected chi connectivity index (χ3v) is 5.62. The van der Waals surface area contributed by atoms with Crippen LogP contribution in [-0.4, -0.2) is 59.6 Å². The topological polar surface area (TPSA) is 129 Å². The maximum absolute atomic E-state index is 12.1. The monoisotopic (exact) mass is 420 g/mol. The summed E-state index contributed by atoms with van der Waals surface area (Å²) in [5.74, 6) is 7.59.